The minimum atomic E-state index is -0.0988. The van der Waals surface area contributed by atoms with Gasteiger partial charge >= 0.3 is 0 Å². The first-order chi connectivity index (χ1) is 15.4. The number of rotatable bonds is 4. The van der Waals surface area contributed by atoms with Crippen LogP contribution in [0.3, 0.4) is 0 Å². The maximum Gasteiger partial charge on any atom is 0.234 e. The van der Waals surface area contributed by atoms with Gasteiger partial charge in [-0.3, -0.25) is 9.79 Å². The normalized spacial score (nSPS) is 13.0. The summed E-state index contributed by atoms with van der Waals surface area (Å²) in [5.74, 6) is 0.158. The number of nitrogens with one attached hydrogen (secondary N) is 1. The quantitative estimate of drug-likeness (QED) is 0.446. The van der Waals surface area contributed by atoms with Crippen LogP contribution >= 0.6 is 23.4 Å². The molecule has 0 spiro atoms. The first-order valence-corrected chi connectivity index (χ1v) is 11.8. The van der Waals surface area contributed by atoms with E-state index in [1.54, 1.807) is 12.1 Å². The lowest BCUT2D eigenvalue weighted by Crippen LogP contribution is -2.16. The Morgan fingerprint density at radius 2 is 1.66 bits per heavy atom. The predicted molar refractivity (Wildman–Crippen MR) is 138 cm³/mol. The number of fused-ring (bicyclic) bond motifs is 1. The van der Waals surface area contributed by atoms with Crippen molar-refractivity contribution in [1.29, 1.82) is 0 Å². The molecule has 4 rings (SSSR count). The van der Waals surface area contributed by atoms with Crippen molar-refractivity contribution in [2.45, 2.75) is 27.2 Å². The molecule has 0 atom stereocenters. The Morgan fingerprint density at radius 1 is 0.969 bits per heavy atom. The van der Waals surface area contributed by atoms with Crippen LogP contribution in [0.4, 0.5) is 17.1 Å². The van der Waals surface area contributed by atoms with Crippen LogP contribution in [0.2, 0.25) is 5.02 Å². The average Bonchev–Trinajstić information content (AvgIpc) is 2.92. The van der Waals surface area contributed by atoms with Crippen LogP contribution in [0.1, 0.15) is 28.7 Å². The molecule has 0 bridgehead atoms. The van der Waals surface area contributed by atoms with Gasteiger partial charge < -0.3 is 5.32 Å². The Kier molecular flexibility index (Phi) is 6.77. The Bertz CT molecular complexity index is 1230. The van der Waals surface area contributed by atoms with E-state index < -0.39 is 0 Å². The van der Waals surface area contributed by atoms with Gasteiger partial charge in [-0.1, -0.05) is 47.5 Å². The second-order valence-corrected chi connectivity index (χ2v) is 9.36. The Morgan fingerprint density at radius 3 is 2.34 bits per heavy atom. The van der Waals surface area contributed by atoms with E-state index in [9.17, 15) is 4.79 Å². The molecule has 1 aliphatic rings. The fourth-order valence-electron chi connectivity index (χ4n) is 3.37. The third-order valence-corrected chi connectivity index (χ3v) is 6.48. The van der Waals surface area contributed by atoms with Crippen LogP contribution in [0.5, 0.6) is 0 Å². The summed E-state index contributed by atoms with van der Waals surface area (Å²) in [7, 11) is 0. The zero-order chi connectivity index (χ0) is 22.7. The largest absolute Gasteiger partial charge is 0.325 e. The Hall–Kier alpha value is -2.89. The molecule has 0 fully saturated rings. The van der Waals surface area contributed by atoms with Crippen LogP contribution < -0.4 is 5.32 Å². The number of amides is 1. The third-order valence-electron chi connectivity index (χ3n) is 5.27. The molecule has 162 valence electrons. The number of aryl methyl sites for hydroxylation is 3. The van der Waals surface area contributed by atoms with Gasteiger partial charge in [0.05, 0.1) is 27.9 Å². The number of halogens is 1. The summed E-state index contributed by atoms with van der Waals surface area (Å²) in [5.41, 5.74) is 7.97. The summed E-state index contributed by atoms with van der Waals surface area (Å²) >= 11 is 7.45. The lowest BCUT2D eigenvalue weighted by molar-refractivity contribution is -0.113. The summed E-state index contributed by atoms with van der Waals surface area (Å²) < 4.78 is 0. The number of nitrogens with zero attached hydrogens (tertiary/aromatic N) is 2. The van der Waals surface area contributed by atoms with Gasteiger partial charge in [-0.05, 0) is 67.8 Å². The monoisotopic (exact) mass is 461 g/mol. The maximum atomic E-state index is 12.5. The summed E-state index contributed by atoms with van der Waals surface area (Å²) in [6.45, 7) is 6.23. The summed E-state index contributed by atoms with van der Waals surface area (Å²) in [4.78, 5) is 22.4. The second-order valence-electron chi connectivity index (χ2n) is 7.88. The molecular weight excluding hydrogens is 438 g/mol. The van der Waals surface area contributed by atoms with Crippen molar-refractivity contribution >= 4 is 57.1 Å². The standard InChI is InChI=1S/C26H24ClN3OS/c1-16-7-9-19(10-8-16)22-14-26(30-24-12-18(3)17(2)11-23(24)29-22)32-15-25(31)28-21-6-4-5-20(27)13-21/h4-13H,14-15H2,1-3H3,(H,28,31). The van der Waals surface area contributed by atoms with Crippen LogP contribution in [0.25, 0.3) is 0 Å². The molecule has 6 heteroatoms. The van der Waals surface area contributed by atoms with Crippen molar-refractivity contribution < 1.29 is 4.79 Å². The van der Waals surface area contributed by atoms with E-state index in [4.69, 9.17) is 21.6 Å². The zero-order valence-corrected chi connectivity index (χ0v) is 19.8. The molecule has 3 aromatic rings. The molecule has 1 amide bonds. The van der Waals surface area contributed by atoms with Crippen molar-refractivity contribution in [3.8, 4) is 0 Å². The Labute approximate surface area is 197 Å². The number of hydrogen-bond acceptors (Lipinski definition) is 4. The van der Waals surface area contributed by atoms with Crippen molar-refractivity contribution in [3.63, 3.8) is 0 Å². The summed E-state index contributed by atoms with van der Waals surface area (Å²) in [6, 6.07) is 19.7. The fourth-order valence-corrected chi connectivity index (χ4v) is 4.34. The molecule has 0 radical (unpaired) electrons. The first kappa shape index (κ1) is 22.3. The lowest BCUT2D eigenvalue weighted by atomic mass is 10.1. The highest BCUT2D eigenvalue weighted by Gasteiger charge is 2.17. The van der Waals surface area contributed by atoms with Crippen molar-refractivity contribution in [3.05, 3.63) is 87.9 Å². The van der Waals surface area contributed by atoms with Crippen LogP contribution in [0, 0.1) is 20.8 Å². The number of anilines is 1. The van der Waals surface area contributed by atoms with Crippen LogP contribution in [0.15, 0.2) is 70.6 Å². The topological polar surface area (TPSA) is 53.8 Å². The zero-order valence-electron chi connectivity index (χ0n) is 18.3. The van der Waals surface area contributed by atoms with Gasteiger partial charge in [-0.25, -0.2) is 4.99 Å². The molecular formula is C26H24ClN3OS. The molecule has 0 aliphatic carbocycles. The van der Waals surface area contributed by atoms with E-state index in [2.05, 4.69) is 62.5 Å². The molecule has 3 aromatic carbocycles. The second kappa shape index (κ2) is 9.72. The summed E-state index contributed by atoms with van der Waals surface area (Å²) in [6.07, 6.45) is 0.574. The van der Waals surface area contributed by atoms with E-state index in [-0.39, 0.29) is 11.7 Å². The van der Waals surface area contributed by atoms with Gasteiger partial charge in [-0.2, -0.15) is 0 Å². The average molecular weight is 462 g/mol. The predicted octanol–water partition coefficient (Wildman–Crippen LogP) is 7.19. The van der Waals surface area contributed by atoms with Gasteiger partial charge in [0, 0.05) is 17.1 Å². The molecule has 0 saturated carbocycles. The number of carbonyl (C=O) groups excluding carboxylic acids is 1. The molecule has 1 heterocycles. The minimum Gasteiger partial charge on any atom is -0.325 e. The molecule has 4 nitrogen and oxygen atoms in total. The maximum absolute atomic E-state index is 12.5. The van der Waals surface area contributed by atoms with E-state index >= 15 is 0 Å². The van der Waals surface area contributed by atoms with Crippen molar-refractivity contribution in [2.24, 2.45) is 9.98 Å². The van der Waals surface area contributed by atoms with Gasteiger partial charge in [0.1, 0.15) is 0 Å². The SMILES string of the molecule is Cc1ccc(C2=Nc3cc(C)c(C)cc3N=C(SCC(=O)Nc3cccc(Cl)c3)C2)cc1. The molecule has 32 heavy (non-hydrogen) atoms. The number of hydrogen-bond donors (Lipinski definition) is 1. The molecule has 1 N–H and O–H groups in total. The van der Waals surface area contributed by atoms with Gasteiger partial charge in [-0.15, -0.1) is 11.8 Å². The highest BCUT2D eigenvalue weighted by atomic mass is 35.5. The highest BCUT2D eigenvalue weighted by molar-refractivity contribution is 8.14. The van der Waals surface area contributed by atoms with Crippen molar-refractivity contribution in [1.82, 2.24) is 0 Å². The van der Waals surface area contributed by atoms with Gasteiger partial charge in [0.2, 0.25) is 5.91 Å². The smallest absolute Gasteiger partial charge is 0.234 e. The minimum absolute atomic E-state index is 0.0988. The number of aliphatic imine (C=N–C) groups is 2. The molecule has 1 aliphatic heterocycles. The van der Waals surface area contributed by atoms with Gasteiger partial charge in [0.25, 0.3) is 0 Å². The summed E-state index contributed by atoms with van der Waals surface area (Å²) in [5, 5.41) is 4.35. The fraction of sp³-hybridized carbons (Fsp3) is 0.192. The number of benzene rings is 3. The van der Waals surface area contributed by atoms with E-state index in [0.29, 0.717) is 17.1 Å². The molecule has 0 unspecified atom stereocenters. The van der Waals surface area contributed by atoms with Crippen molar-refractivity contribution in [2.75, 3.05) is 11.1 Å². The molecule has 0 aromatic heterocycles. The van der Waals surface area contributed by atoms with Gasteiger partial charge in [0.15, 0.2) is 0 Å². The third kappa shape index (κ3) is 5.47. The van der Waals surface area contributed by atoms with Crippen LogP contribution in [-0.2, 0) is 4.79 Å². The van der Waals surface area contributed by atoms with E-state index in [0.717, 1.165) is 27.7 Å². The van der Waals surface area contributed by atoms with Crippen LogP contribution in [-0.4, -0.2) is 22.4 Å². The van der Waals surface area contributed by atoms with E-state index in [1.165, 1.54) is 28.5 Å². The Balaban J connectivity index is 1.58. The van der Waals surface area contributed by atoms with E-state index in [1.807, 2.05) is 12.1 Å². The molecule has 0 saturated heterocycles. The highest BCUT2D eigenvalue weighted by Crippen LogP contribution is 2.36. The first-order valence-electron chi connectivity index (χ1n) is 10.4. The number of carbonyl (C=O) groups is 1. The number of thioether (sulfide) groups is 1. The lowest BCUT2D eigenvalue weighted by Gasteiger charge is -2.09.